The van der Waals surface area contributed by atoms with Gasteiger partial charge in [0, 0.05) is 18.7 Å². The molecule has 2 heteroatoms. The minimum atomic E-state index is 0.153. The van der Waals surface area contributed by atoms with Crippen molar-refractivity contribution in [2.24, 2.45) is 5.41 Å². The Hall–Kier alpha value is -2.09. The third-order valence-electron chi connectivity index (χ3n) is 4.20. The standard InChI is InChI=1S/C19H21NO/c1-19(2)12-13-20(14-19)18(21)17-10-8-16(9-11-17)15-6-4-3-5-7-15/h3-11H,12-14H2,1-2H3. The first-order valence-corrected chi connectivity index (χ1v) is 7.50. The van der Waals surface area contributed by atoms with Crippen molar-refractivity contribution in [3.8, 4) is 11.1 Å². The molecule has 1 aliphatic heterocycles. The molecule has 108 valence electrons. The van der Waals surface area contributed by atoms with E-state index in [1.165, 1.54) is 5.56 Å². The van der Waals surface area contributed by atoms with Crippen LogP contribution in [0.5, 0.6) is 0 Å². The fraction of sp³-hybridized carbons (Fsp3) is 0.316. The van der Waals surface area contributed by atoms with Crippen molar-refractivity contribution >= 4 is 5.91 Å². The summed E-state index contributed by atoms with van der Waals surface area (Å²) >= 11 is 0. The van der Waals surface area contributed by atoms with Gasteiger partial charge < -0.3 is 4.90 Å². The van der Waals surface area contributed by atoms with Gasteiger partial charge in [0.05, 0.1) is 0 Å². The first-order valence-electron chi connectivity index (χ1n) is 7.50. The molecular formula is C19H21NO. The molecule has 0 aliphatic carbocycles. The SMILES string of the molecule is CC1(C)CCN(C(=O)c2ccc(-c3ccccc3)cc2)C1. The number of benzene rings is 2. The molecule has 2 aromatic rings. The van der Waals surface area contributed by atoms with Crippen molar-refractivity contribution in [3.05, 3.63) is 60.2 Å². The Morgan fingerprint density at radius 2 is 1.57 bits per heavy atom. The van der Waals surface area contributed by atoms with Gasteiger partial charge in [-0.05, 0) is 35.1 Å². The van der Waals surface area contributed by atoms with Crippen LogP contribution in [0.4, 0.5) is 0 Å². The summed E-state index contributed by atoms with van der Waals surface area (Å²) in [5.74, 6) is 0.153. The minimum absolute atomic E-state index is 0.153. The number of rotatable bonds is 2. The Morgan fingerprint density at radius 1 is 0.952 bits per heavy atom. The molecule has 0 unspecified atom stereocenters. The molecule has 0 bridgehead atoms. The topological polar surface area (TPSA) is 20.3 Å². The highest BCUT2D eigenvalue weighted by atomic mass is 16.2. The van der Waals surface area contributed by atoms with Crippen LogP contribution in [-0.2, 0) is 0 Å². The summed E-state index contributed by atoms with van der Waals surface area (Å²) in [6.45, 7) is 6.16. The summed E-state index contributed by atoms with van der Waals surface area (Å²) in [4.78, 5) is 14.5. The summed E-state index contributed by atoms with van der Waals surface area (Å²) in [7, 11) is 0. The van der Waals surface area contributed by atoms with Crippen LogP contribution in [-0.4, -0.2) is 23.9 Å². The summed E-state index contributed by atoms with van der Waals surface area (Å²) in [5, 5.41) is 0. The maximum atomic E-state index is 12.5. The number of carbonyl (C=O) groups is 1. The lowest BCUT2D eigenvalue weighted by Crippen LogP contribution is -2.30. The van der Waals surface area contributed by atoms with Gasteiger partial charge in [-0.15, -0.1) is 0 Å². The van der Waals surface area contributed by atoms with E-state index in [0.29, 0.717) is 0 Å². The van der Waals surface area contributed by atoms with Crippen LogP contribution in [0.2, 0.25) is 0 Å². The molecule has 0 N–H and O–H groups in total. The second-order valence-corrected chi connectivity index (χ2v) is 6.58. The highest BCUT2D eigenvalue weighted by molar-refractivity contribution is 5.95. The lowest BCUT2D eigenvalue weighted by molar-refractivity contribution is 0.0778. The van der Waals surface area contributed by atoms with Crippen LogP contribution < -0.4 is 0 Å². The Bertz CT molecular complexity index is 628. The highest BCUT2D eigenvalue weighted by Crippen LogP contribution is 2.30. The summed E-state index contributed by atoms with van der Waals surface area (Å²) in [6.07, 6.45) is 1.08. The van der Waals surface area contributed by atoms with Crippen molar-refractivity contribution < 1.29 is 4.79 Å². The molecule has 0 atom stereocenters. The summed E-state index contributed by atoms with van der Waals surface area (Å²) < 4.78 is 0. The zero-order valence-corrected chi connectivity index (χ0v) is 12.7. The predicted molar refractivity (Wildman–Crippen MR) is 86.2 cm³/mol. The van der Waals surface area contributed by atoms with E-state index in [-0.39, 0.29) is 11.3 Å². The van der Waals surface area contributed by atoms with E-state index in [1.807, 2.05) is 47.4 Å². The van der Waals surface area contributed by atoms with Gasteiger partial charge in [0.25, 0.3) is 5.91 Å². The molecule has 0 spiro atoms. The average molecular weight is 279 g/mol. The number of carbonyl (C=O) groups excluding carboxylic acids is 1. The second kappa shape index (κ2) is 5.36. The highest BCUT2D eigenvalue weighted by Gasteiger charge is 2.32. The zero-order valence-electron chi connectivity index (χ0n) is 12.7. The second-order valence-electron chi connectivity index (χ2n) is 6.58. The van der Waals surface area contributed by atoms with Gasteiger partial charge in [0.2, 0.25) is 0 Å². The van der Waals surface area contributed by atoms with Gasteiger partial charge in [-0.2, -0.15) is 0 Å². The van der Waals surface area contributed by atoms with Crippen LogP contribution in [0.15, 0.2) is 54.6 Å². The number of hydrogen-bond acceptors (Lipinski definition) is 1. The van der Waals surface area contributed by atoms with Crippen LogP contribution in [0.3, 0.4) is 0 Å². The Morgan fingerprint density at radius 3 is 2.14 bits per heavy atom. The summed E-state index contributed by atoms with van der Waals surface area (Å²) in [6, 6.07) is 18.2. The minimum Gasteiger partial charge on any atom is -0.338 e. The van der Waals surface area contributed by atoms with Crippen LogP contribution >= 0.6 is 0 Å². The van der Waals surface area contributed by atoms with Gasteiger partial charge in [-0.25, -0.2) is 0 Å². The van der Waals surface area contributed by atoms with Crippen molar-refractivity contribution in [2.75, 3.05) is 13.1 Å². The molecule has 0 aromatic heterocycles. The molecule has 1 fully saturated rings. The first-order chi connectivity index (χ1) is 10.1. The number of nitrogens with zero attached hydrogens (tertiary/aromatic N) is 1. The smallest absolute Gasteiger partial charge is 0.253 e. The first kappa shape index (κ1) is 13.9. The van der Waals surface area contributed by atoms with Crippen molar-refractivity contribution in [1.29, 1.82) is 0 Å². The predicted octanol–water partition coefficient (Wildman–Crippen LogP) is 4.23. The zero-order chi connectivity index (χ0) is 14.9. The van der Waals surface area contributed by atoms with Crippen molar-refractivity contribution in [1.82, 2.24) is 4.90 Å². The molecule has 21 heavy (non-hydrogen) atoms. The van der Waals surface area contributed by atoms with E-state index < -0.39 is 0 Å². The fourth-order valence-electron chi connectivity index (χ4n) is 2.90. The molecular weight excluding hydrogens is 258 g/mol. The van der Waals surface area contributed by atoms with E-state index >= 15 is 0 Å². The Kier molecular flexibility index (Phi) is 3.54. The third-order valence-corrected chi connectivity index (χ3v) is 4.20. The van der Waals surface area contributed by atoms with Crippen LogP contribution in [0, 0.1) is 5.41 Å². The molecule has 0 radical (unpaired) electrons. The maximum absolute atomic E-state index is 12.5. The van der Waals surface area contributed by atoms with E-state index in [0.717, 1.165) is 30.6 Å². The van der Waals surface area contributed by atoms with E-state index in [9.17, 15) is 4.79 Å². The normalized spacial score (nSPS) is 17.0. The molecule has 1 aliphatic rings. The van der Waals surface area contributed by atoms with Crippen LogP contribution in [0.1, 0.15) is 30.6 Å². The third kappa shape index (κ3) is 2.99. The van der Waals surface area contributed by atoms with Crippen molar-refractivity contribution in [3.63, 3.8) is 0 Å². The van der Waals surface area contributed by atoms with Gasteiger partial charge in [0.1, 0.15) is 0 Å². The quantitative estimate of drug-likeness (QED) is 0.805. The fourth-order valence-corrected chi connectivity index (χ4v) is 2.90. The molecule has 3 rings (SSSR count). The van der Waals surface area contributed by atoms with E-state index in [1.54, 1.807) is 0 Å². The van der Waals surface area contributed by atoms with E-state index in [2.05, 4.69) is 26.0 Å². The molecule has 0 saturated carbocycles. The molecule has 1 saturated heterocycles. The van der Waals surface area contributed by atoms with Gasteiger partial charge >= 0.3 is 0 Å². The summed E-state index contributed by atoms with van der Waals surface area (Å²) in [5.41, 5.74) is 3.36. The molecule has 1 amide bonds. The number of hydrogen-bond donors (Lipinski definition) is 0. The van der Waals surface area contributed by atoms with Gasteiger partial charge in [-0.3, -0.25) is 4.79 Å². The molecule has 1 heterocycles. The maximum Gasteiger partial charge on any atom is 0.253 e. The van der Waals surface area contributed by atoms with Gasteiger partial charge in [0.15, 0.2) is 0 Å². The lowest BCUT2D eigenvalue weighted by atomic mass is 9.93. The number of amides is 1. The Labute approximate surface area is 126 Å². The average Bonchev–Trinajstić information content (AvgIpc) is 2.88. The van der Waals surface area contributed by atoms with Gasteiger partial charge in [-0.1, -0.05) is 56.3 Å². The van der Waals surface area contributed by atoms with Crippen LogP contribution in [0.25, 0.3) is 11.1 Å². The number of likely N-dealkylation sites (tertiary alicyclic amines) is 1. The Balaban J connectivity index is 1.77. The van der Waals surface area contributed by atoms with Crippen molar-refractivity contribution in [2.45, 2.75) is 20.3 Å². The largest absolute Gasteiger partial charge is 0.338 e. The molecule has 2 aromatic carbocycles. The lowest BCUT2D eigenvalue weighted by Gasteiger charge is -2.20. The molecule has 2 nitrogen and oxygen atoms in total. The monoisotopic (exact) mass is 279 g/mol. The van der Waals surface area contributed by atoms with E-state index in [4.69, 9.17) is 0 Å².